The molecule has 27 heavy (non-hydrogen) atoms. The van der Waals surface area contributed by atoms with E-state index in [9.17, 15) is 0 Å². The molecule has 3 rings (SSSR count). The van der Waals surface area contributed by atoms with Crippen molar-refractivity contribution in [3.05, 3.63) is 59.2 Å². The van der Waals surface area contributed by atoms with Crippen LogP contribution in [0.15, 0.2) is 42.5 Å². The zero-order valence-electron chi connectivity index (χ0n) is 16.9. The van der Waals surface area contributed by atoms with Crippen molar-refractivity contribution in [1.29, 1.82) is 0 Å². The van der Waals surface area contributed by atoms with E-state index in [2.05, 4.69) is 60.0 Å². The van der Waals surface area contributed by atoms with Gasteiger partial charge in [0.15, 0.2) is 0 Å². The Labute approximate surface area is 170 Å². The lowest BCUT2D eigenvalue weighted by Gasteiger charge is -2.36. The van der Waals surface area contributed by atoms with E-state index in [-0.39, 0.29) is 12.4 Å². The summed E-state index contributed by atoms with van der Waals surface area (Å²) in [5.74, 6) is 0.937. The van der Waals surface area contributed by atoms with Crippen molar-refractivity contribution in [2.45, 2.75) is 33.1 Å². The Kier molecular flexibility index (Phi) is 8.46. The molecule has 0 bridgehead atoms. The Hall–Kier alpha value is -1.71. The number of benzene rings is 2. The van der Waals surface area contributed by atoms with Crippen LogP contribution in [0.3, 0.4) is 0 Å². The van der Waals surface area contributed by atoms with Crippen LogP contribution in [0.1, 0.15) is 30.0 Å². The van der Waals surface area contributed by atoms with Crippen molar-refractivity contribution in [2.75, 3.05) is 44.7 Å². The maximum atomic E-state index is 5.35. The maximum absolute atomic E-state index is 5.35. The molecule has 0 unspecified atom stereocenters. The number of hydrogen-bond donors (Lipinski definition) is 0. The van der Waals surface area contributed by atoms with Crippen molar-refractivity contribution in [3.8, 4) is 5.75 Å². The molecule has 4 heteroatoms. The average molecular weight is 389 g/mol. The number of aryl methyl sites for hydroxylation is 2. The van der Waals surface area contributed by atoms with Crippen LogP contribution >= 0.6 is 12.4 Å². The van der Waals surface area contributed by atoms with Crippen molar-refractivity contribution in [1.82, 2.24) is 4.90 Å². The molecule has 1 aliphatic heterocycles. The number of rotatable bonds is 7. The van der Waals surface area contributed by atoms with Gasteiger partial charge in [0.05, 0.1) is 7.11 Å². The van der Waals surface area contributed by atoms with E-state index >= 15 is 0 Å². The van der Waals surface area contributed by atoms with Crippen molar-refractivity contribution in [3.63, 3.8) is 0 Å². The van der Waals surface area contributed by atoms with Crippen LogP contribution < -0.4 is 9.64 Å². The fourth-order valence-corrected chi connectivity index (χ4v) is 3.74. The molecule has 1 fully saturated rings. The quantitative estimate of drug-likeness (QED) is 0.681. The van der Waals surface area contributed by atoms with Gasteiger partial charge in [-0.15, -0.1) is 12.4 Å². The minimum absolute atomic E-state index is 0. The molecule has 2 aromatic carbocycles. The Balaban J connectivity index is 0.00000261. The first kappa shape index (κ1) is 21.6. The van der Waals surface area contributed by atoms with Crippen LogP contribution in [0.2, 0.25) is 0 Å². The third-order valence-electron chi connectivity index (χ3n) is 5.44. The fourth-order valence-electron chi connectivity index (χ4n) is 3.74. The second-order valence-corrected chi connectivity index (χ2v) is 7.29. The van der Waals surface area contributed by atoms with Gasteiger partial charge in [-0.2, -0.15) is 0 Å². The van der Waals surface area contributed by atoms with Gasteiger partial charge >= 0.3 is 0 Å². The Morgan fingerprint density at radius 3 is 2.44 bits per heavy atom. The number of ether oxygens (including phenoxy) is 1. The number of hydrogen-bond acceptors (Lipinski definition) is 3. The highest BCUT2D eigenvalue weighted by molar-refractivity contribution is 5.85. The number of anilines is 1. The standard InChI is InChI=1S/C23H32N2O.ClH/c1-4-6-21-17-20(10-9-19(21)2)11-12-24-13-15-25(16-14-24)22-7-5-8-23(18-22)26-3;/h5,7-10,17-18H,4,6,11-16H2,1-3H3;1H. The first-order valence-electron chi connectivity index (χ1n) is 9.89. The van der Waals surface area contributed by atoms with Crippen LogP contribution in [-0.4, -0.2) is 44.7 Å². The van der Waals surface area contributed by atoms with Crippen molar-refractivity contribution < 1.29 is 4.74 Å². The third-order valence-corrected chi connectivity index (χ3v) is 5.44. The third kappa shape index (κ3) is 5.88. The molecule has 0 aliphatic carbocycles. The van der Waals surface area contributed by atoms with Crippen LogP contribution in [0.25, 0.3) is 0 Å². The SMILES string of the molecule is CCCc1cc(CCN2CCN(c3cccc(OC)c3)CC2)ccc1C.Cl. The summed E-state index contributed by atoms with van der Waals surface area (Å²) >= 11 is 0. The van der Waals surface area contributed by atoms with E-state index in [1.165, 1.54) is 35.2 Å². The second-order valence-electron chi connectivity index (χ2n) is 7.29. The Morgan fingerprint density at radius 1 is 0.963 bits per heavy atom. The number of piperazine rings is 1. The topological polar surface area (TPSA) is 15.7 Å². The van der Waals surface area contributed by atoms with Gasteiger partial charge in [0, 0.05) is 44.5 Å². The first-order chi connectivity index (χ1) is 12.7. The molecule has 0 aromatic heterocycles. The van der Waals surface area contributed by atoms with Gasteiger partial charge in [-0.25, -0.2) is 0 Å². The molecule has 3 nitrogen and oxygen atoms in total. The first-order valence-corrected chi connectivity index (χ1v) is 9.89. The van der Waals surface area contributed by atoms with Gasteiger partial charge in [-0.1, -0.05) is 37.6 Å². The minimum Gasteiger partial charge on any atom is -0.497 e. The molecule has 2 aromatic rings. The van der Waals surface area contributed by atoms with Gasteiger partial charge < -0.3 is 9.64 Å². The summed E-state index contributed by atoms with van der Waals surface area (Å²) in [7, 11) is 1.73. The molecule has 0 radical (unpaired) electrons. The summed E-state index contributed by atoms with van der Waals surface area (Å²) in [4.78, 5) is 5.06. The smallest absolute Gasteiger partial charge is 0.120 e. The van der Waals surface area contributed by atoms with E-state index in [4.69, 9.17) is 4.74 Å². The predicted octanol–water partition coefficient (Wildman–Crippen LogP) is 4.74. The molecule has 148 valence electrons. The summed E-state index contributed by atoms with van der Waals surface area (Å²) in [5, 5.41) is 0. The average Bonchev–Trinajstić information content (AvgIpc) is 2.69. The zero-order valence-corrected chi connectivity index (χ0v) is 17.7. The highest BCUT2D eigenvalue weighted by atomic mass is 35.5. The van der Waals surface area contributed by atoms with Gasteiger partial charge in [-0.05, 0) is 48.6 Å². The lowest BCUT2D eigenvalue weighted by atomic mass is 9.99. The highest BCUT2D eigenvalue weighted by Gasteiger charge is 2.17. The van der Waals surface area contributed by atoms with E-state index in [1.54, 1.807) is 7.11 Å². The predicted molar refractivity (Wildman–Crippen MR) is 118 cm³/mol. The summed E-state index contributed by atoms with van der Waals surface area (Å²) in [6.45, 7) is 10.1. The van der Waals surface area contributed by atoms with E-state index in [0.29, 0.717) is 0 Å². The molecule has 1 saturated heterocycles. The summed E-state index contributed by atoms with van der Waals surface area (Å²) in [6.07, 6.45) is 3.56. The normalized spacial score (nSPS) is 14.7. The van der Waals surface area contributed by atoms with E-state index in [0.717, 1.165) is 44.9 Å². The lowest BCUT2D eigenvalue weighted by molar-refractivity contribution is 0.261. The maximum Gasteiger partial charge on any atom is 0.120 e. The molecule has 0 N–H and O–H groups in total. The fraction of sp³-hybridized carbons (Fsp3) is 0.478. The molecule has 0 amide bonds. The van der Waals surface area contributed by atoms with Crippen LogP contribution in [-0.2, 0) is 12.8 Å². The van der Waals surface area contributed by atoms with Gasteiger partial charge in [0.25, 0.3) is 0 Å². The highest BCUT2D eigenvalue weighted by Crippen LogP contribution is 2.22. The van der Waals surface area contributed by atoms with Crippen LogP contribution in [0, 0.1) is 6.92 Å². The van der Waals surface area contributed by atoms with Gasteiger partial charge in [0.1, 0.15) is 5.75 Å². The molecule has 0 spiro atoms. The lowest BCUT2D eigenvalue weighted by Crippen LogP contribution is -2.47. The van der Waals surface area contributed by atoms with Gasteiger partial charge in [0.2, 0.25) is 0 Å². The Morgan fingerprint density at radius 2 is 1.74 bits per heavy atom. The molecule has 1 heterocycles. The van der Waals surface area contributed by atoms with E-state index in [1.807, 2.05) is 6.07 Å². The molecular formula is C23H33ClN2O. The monoisotopic (exact) mass is 388 g/mol. The summed E-state index contributed by atoms with van der Waals surface area (Å²) in [6, 6.07) is 15.4. The second kappa shape index (κ2) is 10.6. The minimum atomic E-state index is 0. The molecule has 1 aliphatic rings. The molecule has 0 saturated carbocycles. The largest absolute Gasteiger partial charge is 0.497 e. The van der Waals surface area contributed by atoms with E-state index < -0.39 is 0 Å². The summed E-state index contributed by atoms with van der Waals surface area (Å²) < 4.78 is 5.35. The molecular weight excluding hydrogens is 356 g/mol. The van der Waals surface area contributed by atoms with Crippen molar-refractivity contribution in [2.24, 2.45) is 0 Å². The number of methoxy groups -OCH3 is 1. The van der Waals surface area contributed by atoms with Crippen molar-refractivity contribution >= 4 is 18.1 Å². The number of nitrogens with zero attached hydrogens (tertiary/aromatic N) is 2. The number of halogens is 1. The van der Waals surface area contributed by atoms with Gasteiger partial charge in [-0.3, -0.25) is 4.90 Å². The summed E-state index contributed by atoms with van der Waals surface area (Å²) in [5.41, 5.74) is 5.70. The zero-order chi connectivity index (χ0) is 18.4. The van der Waals surface area contributed by atoms with Crippen LogP contribution in [0.4, 0.5) is 5.69 Å². The van der Waals surface area contributed by atoms with Crippen LogP contribution in [0.5, 0.6) is 5.75 Å². The molecule has 0 atom stereocenters. The Bertz CT molecular complexity index is 711.